The Hall–Kier alpha value is -0.170. The zero-order valence-electron chi connectivity index (χ0n) is 7.86. The van der Waals surface area contributed by atoms with Crippen LogP contribution in [0.3, 0.4) is 0 Å². The summed E-state index contributed by atoms with van der Waals surface area (Å²) in [7, 11) is -3.36. The first-order valence-corrected chi connectivity index (χ1v) is 6.06. The molecule has 6 heteroatoms. The van der Waals surface area contributed by atoms with E-state index in [1.165, 1.54) is 0 Å². The molecular weight excluding hydrogens is 192 g/mol. The van der Waals surface area contributed by atoms with Crippen LogP contribution in [0, 0.1) is 0 Å². The van der Waals surface area contributed by atoms with Crippen LogP contribution in [0.4, 0.5) is 0 Å². The minimum Gasteiger partial charge on any atom is -0.393 e. The Balaban J connectivity index is 3.27. The lowest BCUT2D eigenvalue weighted by molar-refractivity contribution is 0.160. The number of primary sulfonamides is 1. The maximum absolute atomic E-state index is 10.5. The zero-order valence-corrected chi connectivity index (χ0v) is 8.68. The van der Waals surface area contributed by atoms with E-state index >= 15 is 0 Å². The number of rotatable bonds is 7. The summed E-state index contributed by atoms with van der Waals surface area (Å²) in [4.78, 5) is 0. The average molecular weight is 210 g/mol. The average Bonchev–Trinajstić information content (AvgIpc) is 2.01. The fraction of sp³-hybridized carbons (Fsp3) is 1.00. The first-order valence-electron chi connectivity index (χ1n) is 4.35. The van der Waals surface area contributed by atoms with Crippen molar-refractivity contribution in [1.29, 1.82) is 0 Å². The second-order valence-electron chi connectivity index (χ2n) is 2.97. The maximum atomic E-state index is 10.5. The summed E-state index contributed by atoms with van der Waals surface area (Å²) in [5.41, 5.74) is 0. The van der Waals surface area contributed by atoms with E-state index in [4.69, 9.17) is 10.2 Å². The minimum absolute atomic E-state index is 0.0603. The predicted molar refractivity (Wildman–Crippen MR) is 51.8 cm³/mol. The van der Waals surface area contributed by atoms with Gasteiger partial charge >= 0.3 is 0 Å². The van der Waals surface area contributed by atoms with E-state index in [2.05, 4.69) is 5.32 Å². The monoisotopic (exact) mass is 210 g/mol. The van der Waals surface area contributed by atoms with E-state index in [0.717, 1.165) is 6.42 Å². The highest BCUT2D eigenvalue weighted by Crippen LogP contribution is 1.93. The molecule has 0 radical (unpaired) electrons. The van der Waals surface area contributed by atoms with Crippen LogP contribution >= 0.6 is 0 Å². The summed E-state index contributed by atoms with van der Waals surface area (Å²) in [5, 5.41) is 16.8. The Morgan fingerprint density at radius 2 is 2.08 bits per heavy atom. The van der Waals surface area contributed by atoms with Gasteiger partial charge in [0.05, 0.1) is 11.9 Å². The topological polar surface area (TPSA) is 92.4 Å². The molecule has 0 saturated heterocycles. The van der Waals surface area contributed by atoms with Crippen molar-refractivity contribution in [2.75, 3.05) is 18.8 Å². The van der Waals surface area contributed by atoms with Crippen molar-refractivity contribution in [2.24, 2.45) is 5.14 Å². The lowest BCUT2D eigenvalue weighted by atomic mass is 10.2. The number of sulfonamides is 1. The van der Waals surface area contributed by atoms with Gasteiger partial charge in [-0.1, -0.05) is 6.92 Å². The molecule has 0 bridgehead atoms. The van der Waals surface area contributed by atoms with Crippen molar-refractivity contribution < 1.29 is 13.5 Å². The molecule has 0 saturated carbocycles. The van der Waals surface area contributed by atoms with Gasteiger partial charge in [-0.15, -0.1) is 0 Å². The van der Waals surface area contributed by atoms with Crippen LogP contribution in [0.2, 0.25) is 0 Å². The molecular formula is C7H18N2O3S. The number of nitrogens with one attached hydrogen (secondary N) is 1. The van der Waals surface area contributed by atoms with Crippen molar-refractivity contribution in [3.8, 4) is 0 Å². The van der Waals surface area contributed by atoms with Gasteiger partial charge in [-0.3, -0.25) is 0 Å². The summed E-state index contributed by atoms with van der Waals surface area (Å²) in [6, 6.07) is 0. The van der Waals surface area contributed by atoms with Gasteiger partial charge in [0.2, 0.25) is 10.0 Å². The summed E-state index contributed by atoms with van der Waals surface area (Å²) in [6.07, 6.45) is 1.06. The molecule has 0 aromatic rings. The number of hydrogen-bond acceptors (Lipinski definition) is 4. The standard InChI is InChI=1S/C7H18N2O3S/c1-2-7(10)3-4-9-5-6-13(8,11)12/h7,9-10H,2-6H2,1H3,(H2,8,11,12). The van der Waals surface area contributed by atoms with E-state index in [1.807, 2.05) is 6.92 Å². The first kappa shape index (κ1) is 12.8. The molecule has 0 aliphatic carbocycles. The van der Waals surface area contributed by atoms with Gasteiger partial charge in [-0.2, -0.15) is 0 Å². The van der Waals surface area contributed by atoms with Crippen molar-refractivity contribution in [1.82, 2.24) is 5.32 Å². The first-order chi connectivity index (χ1) is 5.95. The van der Waals surface area contributed by atoms with Crippen LogP contribution < -0.4 is 10.5 Å². The van der Waals surface area contributed by atoms with Gasteiger partial charge in [0, 0.05) is 6.54 Å². The van der Waals surface area contributed by atoms with E-state index < -0.39 is 10.0 Å². The van der Waals surface area contributed by atoms with Crippen molar-refractivity contribution in [3.05, 3.63) is 0 Å². The molecule has 80 valence electrons. The molecule has 4 N–H and O–H groups in total. The summed E-state index contributed by atoms with van der Waals surface area (Å²) >= 11 is 0. The Labute approximate surface area is 79.4 Å². The number of aliphatic hydroxyl groups excluding tert-OH is 1. The highest BCUT2D eigenvalue weighted by molar-refractivity contribution is 7.89. The lowest BCUT2D eigenvalue weighted by Crippen LogP contribution is -2.29. The van der Waals surface area contributed by atoms with Crippen LogP contribution in [-0.2, 0) is 10.0 Å². The van der Waals surface area contributed by atoms with Crippen LogP contribution in [0.15, 0.2) is 0 Å². The smallest absolute Gasteiger partial charge is 0.210 e. The number of hydrogen-bond donors (Lipinski definition) is 3. The van der Waals surface area contributed by atoms with Crippen molar-refractivity contribution in [3.63, 3.8) is 0 Å². The van der Waals surface area contributed by atoms with Gasteiger partial charge in [-0.05, 0) is 19.4 Å². The normalized spacial score (nSPS) is 14.4. The third kappa shape index (κ3) is 9.75. The Kier molecular flexibility index (Phi) is 6.23. The molecule has 0 amide bonds. The zero-order chi connectivity index (χ0) is 10.3. The maximum Gasteiger partial charge on any atom is 0.210 e. The van der Waals surface area contributed by atoms with E-state index in [9.17, 15) is 8.42 Å². The van der Waals surface area contributed by atoms with E-state index in [1.54, 1.807) is 0 Å². The SMILES string of the molecule is CCC(O)CCNCCS(N)(=O)=O. The fourth-order valence-electron chi connectivity index (χ4n) is 0.812. The third-order valence-electron chi connectivity index (χ3n) is 1.69. The molecule has 1 atom stereocenters. The molecule has 5 nitrogen and oxygen atoms in total. The molecule has 0 rings (SSSR count). The van der Waals surface area contributed by atoms with E-state index in [0.29, 0.717) is 19.5 Å². The molecule has 13 heavy (non-hydrogen) atoms. The fourth-order valence-corrected chi connectivity index (χ4v) is 1.24. The number of nitrogens with two attached hydrogens (primary N) is 1. The van der Waals surface area contributed by atoms with Gasteiger partial charge in [0.25, 0.3) is 0 Å². The molecule has 0 heterocycles. The van der Waals surface area contributed by atoms with Crippen LogP contribution in [-0.4, -0.2) is 38.5 Å². The second kappa shape index (κ2) is 6.31. The number of aliphatic hydroxyl groups is 1. The van der Waals surface area contributed by atoms with Crippen LogP contribution in [0.5, 0.6) is 0 Å². The van der Waals surface area contributed by atoms with Crippen LogP contribution in [0.1, 0.15) is 19.8 Å². The van der Waals surface area contributed by atoms with Gasteiger partial charge in [-0.25, -0.2) is 13.6 Å². The highest BCUT2D eigenvalue weighted by atomic mass is 32.2. The third-order valence-corrected chi connectivity index (χ3v) is 2.46. The van der Waals surface area contributed by atoms with Gasteiger partial charge < -0.3 is 10.4 Å². The summed E-state index contributed by atoms with van der Waals surface area (Å²) in [6.45, 7) is 2.86. The highest BCUT2D eigenvalue weighted by Gasteiger charge is 2.02. The summed E-state index contributed by atoms with van der Waals surface area (Å²) < 4.78 is 20.9. The Morgan fingerprint density at radius 3 is 2.54 bits per heavy atom. The van der Waals surface area contributed by atoms with Gasteiger partial charge in [0.1, 0.15) is 0 Å². The van der Waals surface area contributed by atoms with Gasteiger partial charge in [0.15, 0.2) is 0 Å². The van der Waals surface area contributed by atoms with Crippen molar-refractivity contribution in [2.45, 2.75) is 25.9 Å². The Morgan fingerprint density at radius 1 is 1.46 bits per heavy atom. The van der Waals surface area contributed by atoms with Crippen LogP contribution in [0.25, 0.3) is 0 Å². The second-order valence-corrected chi connectivity index (χ2v) is 4.70. The molecule has 0 spiro atoms. The molecule has 0 fully saturated rings. The molecule has 0 aromatic heterocycles. The molecule has 1 unspecified atom stereocenters. The minimum atomic E-state index is -3.36. The Bertz CT molecular complexity index is 216. The van der Waals surface area contributed by atoms with E-state index in [-0.39, 0.29) is 11.9 Å². The molecule has 0 aliphatic heterocycles. The van der Waals surface area contributed by atoms with Crippen molar-refractivity contribution >= 4 is 10.0 Å². The molecule has 0 aromatic carbocycles. The predicted octanol–water partition coefficient (Wildman–Crippen LogP) is -0.974. The summed E-state index contributed by atoms with van der Waals surface area (Å²) in [5.74, 6) is -0.0603. The largest absolute Gasteiger partial charge is 0.393 e. The lowest BCUT2D eigenvalue weighted by Gasteiger charge is -2.07. The molecule has 0 aliphatic rings. The quantitative estimate of drug-likeness (QED) is 0.471.